The van der Waals surface area contributed by atoms with Gasteiger partial charge in [-0.05, 0) is 50.2 Å². The molecule has 3 rings (SSSR count). The molecule has 0 spiro atoms. The van der Waals surface area contributed by atoms with Crippen molar-refractivity contribution in [1.82, 2.24) is 15.8 Å². The molecule has 0 unspecified atom stereocenters. The van der Waals surface area contributed by atoms with Crippen LogP contribution in [-0.4, -0.2) is 36.5 Å². The number of benzene rings is 2. The average molecular weight is 389 g/mol. The normalized spacial score (nSPS) is 13.5. The third kappa shape index (κ3) is 5.98. The number of amides is 3. The van der Waals surface area contributed by atoms with Crippen molar-refractivity contribution in [3.63, 3.8) is 0 Å². The molecular weight excluding hydrogens is 364 g/mol. The number of para-hydroxylation sites is 2. The highest BCUT2D eigenvalue weighted by Crippen LogP contribution is 2.24. The van der Waals surface area contributed by atoms with Crippen LogP contribution in [0.4, 0.5) is 16.2 Å². The van der Waals surface area contributed by atoms with Crippen LogP contribution in [0.2, 0.25) is 0 Å². The van der Waals surface area contributed by atoms with Crippen LogP contribution in [-0.2, 0) is 4.79 Å². The molecule has 2 aromatic rings. The third-order valence-corrected chi connectivity index (χ3v) is 4.39. The number of hydrogen-bond acceptors (Lipinski definition) is 3. The van der Waals surface area contributed by atoms with Gasteiger partial charge in [0.2, 0.25) is 5.91 Å². The molecule has 6 nitrogen and oxygen atoms in total. The molecule has 0 aromatic heterocycles. The summed E-state index contributed by atoms with van der Waals surface area (Å²) >= 11 is 0. The Balaban J connectivity index is 0.00000261. The maximum atomic E-state index is 12.7. The summed E-state index contributed by atoms with van der Waals surface area (Å²) in [6.07, 6.45) is 2.76. The molecule has 0 saturated carbocycles. The van der Waals surface area contributed by atoms with Gasteiger partial charge < -0.3 is 4.90 Å². The van der Waals surface area contributed by atoms with E-state index in [1.165, 1.54) is 17.7 Å². The molecule has 2 N–H and O–H groups in total. The number of rotatable bonds is 5. The first kappa shape index (κ1) is 20.7. The maximum Gasteiger partial charge on any atom is 0.345 e. The zero-order valence-electron chi connectivity index (χ0n) is 15.1. The lowest BCUT2D eigenvalue weighted by molar-refractivity contribution is -0.122. The smallest absolute Gasteiger partial charge is 0.303 e. The number of anilines is 2. The maximum absolute atomic E-state index is 12.7. The lowest BCUT2D eigenvalue weighted by Crippen LogP contribution is -2.48. The monoisotopic (exact) mass is 388 g/mol. The van der Waals surface area contributed by atoms with Crippen LogP contribution >= 0.6 is 12.4 Å². The van der Waals surface area contributed by atoms with Crippen molar-refractivity contribution in [1.29, 1.82) is 0 Å². The van der Waals surface area contributed by atoms with Crippen LogP contribution in [0.3, 0.4) is 0 Å². The number of hydrogen-bond donors (Lipinski definition) is 2. The standard InChI is InChI=1S/C20H24N4O2.ClH/c25-19(13-16-23-14-7-8-15-23)21-22-20(26)24(17-9-3-1-4-10-17)18-11-5-2-6-12-18;/h1-6,9-12H,7-8,13-16H2,(H,21,25)(H,22,26);1H. The Kier molecular flexibility index (Phi) is 8.10. The first-order valence-electron chi connectivity index (χ1n) is 8.95. The first-order chi connectivity index (χ1) is 12.7. The number of carbonyl (C=O) groups excluding carboxylic acids is 2. The average Bonchev–Trinajstić information content (AvgIpc) is 3.20. The van der Waals surface area contributed by atoms with Crippen LogP contribution in [0.25, 0.3) is 0 Å². The Morgan fingerprint density at radius 2 is 1.37 bits per heavy atom. The van der Waals surface area contributed by atoms with Crippen LogP contribution in [0, 0.1) is 0 Å². The van der Waals surface area contributed by atoms with Crippen molar-refractivity contribution in [3.8, 4) is 0 Å². The van der Waals surface area contributed by atoms with Crippen molar-refractivity contribution < 1.29 is 9.59 Å². The van der Waals surface area contributed by atoms with Crippen molar-refractivity contribution in [2.75, 3.05) is 24.5 Å². The second-order valence-electron chi connectivity index (χ2n) is 6.28. The fraction of sp³-hybridized carbons (Fsp3) is 0.300. The van der Waals surface area contributed by atoms with E-state index in [1.807, 2.05) is 60.7 Å². The molecule has 1 saturated heterocycles. The Morgan fingerprint density at radius 1 is 0.852 bits per heavy atom. The topological polar surface area (TPSA) is 64.7 Å². The van der Waals surface area contributed by atoms with Crippen molar-refractivity contribution in [2.45, 2.75) is 19.3 Å². The van der Waals surface area contributed by atoms with Gasteiger partial charge >= 0.3 is 6.03 Å². The predicted octanol–water partition coefficient (Wildman–Crippen LogP) is 3.47. The van der Waals surface area contributed by atoms with E-state index in [4.69, 9.17) is 0 Å². The quantitative estimate of drug-likeness (QED) is 0.771. The number of urea groups is 1. The molecule has 1 fully saturated rings. The summed E-state index contributed by atoms with van der Waals surface area (Å²) < 4.78 is 0. The summed E-state index contributed by atoms with van der Waals surface area (Å²) in [7, 11) is 0. The molecule has 2 aromatic carbocycles. The van der Waals surface area contributed by atoms with Gasteiger partial charge in [0.1, 0.15) is 0 Å². The van der Waals surface area contributed by atoms with E-state index in [2.05, 4.69) is 15.8 Å². The minimum atomic E-state index is -0.406. The van der Waals surface area contributed by atoms with E-state index in [0.717, 1.165) is 31.0 Å². The fourth-order valence-electron chi connectivity index (χ4n) is 3.05. The zero-order valence-corrected chi connectivity index (χ0v) is 16.0. The number of nitrogens with zero attached hydrogens (tertiary/aromatic N) is 2. The minimum absolute atomic E-state index is 0. The highest BCUT2D eigenvalue weighted by molar-refractivity contribution is 6.00. The first-order valence-corrected chi connectivity index (χ1v) is 8.95. The van der Waals surface area contributed by atoms with Gasteiger partial charge in [-0.25, -0.2) is 10.2 Å². The van der Waals surface area contributed by atoms with Crippen molar-refractivity contribution in [2.24, 2.45) is 0 Å². The van der Waals surface area contributed by atoms with Gasteiger partial charge in [0.25, 0.3) is 0 Å². The molecule has 7 heteroatoms. The van der Waals surface area contributed by atoms with E-state index in [1.54, 1.807) is 0 Å². The lowest BCUT2D eigenvalue weighted by Gasteiger charge is -2.23. The molecule has 27 heavy (non-hydrogen) atoms. The van der Waals surface area contributed by atoms with Crippen LogP contribution in [0.1, 0.15) is 19.3 Å². The van der Waals surface area contributed by atoms with Crippen LogP contribution in [0.5, 0.6) is 0 Å². The van der Waals surface area contributed by atoms with Crippen LogP contribution < -0.4 is 15.8 Å². The molecule has 0 atom stereocenters. The molecule has 0 aliphatic carbocycles. The summed E-state index contributed by atoms with van der Waals surface area (Å²) in [5.41, 5.74) is 6.49. The minimum Gasteiger partial charge on any atom is -0.303 e. The van der Waals surface area contributed by atoms with E-state index in [0.29, 0.717) is 6.42 Å². The summed E-state index contributed by atoms with van der Waals surface area (Å²) in [5, 5.41) is 0. The van der Waals surface area contributed by atoms with Gasteiger partial charge in [-0.1, -0.05) is 36.4 Å². The molecule has 0 bridgehead atoms. The zero-order chi connectivity index (χ0) is 18.2. The molecule has 1 aliphatic rings. The molecular formula is C20H25ClN4O2. The molecule has 3 amide bonds. The van der Waals surface area contributed by atoms with E-state index < -0.39 is 6.03 Å². The van der Waals surface area contributed by atoms with Gasteiger partial charge in [-0.2, -0.15) is 0 Å². The Bertz CT molecular complexity index is 682. The summed E-state index contributed by atoms with van der Waals surface area (Å²) in [6.45, 7) is 2.83. The van der Waals surface area contributed by atoms with Gasteiger partial charge in [-0.3, -0.25) is 15.1 Å². The van der Waals surface area contributed by atoms with Gasteiger partial charge in [-0.15, -0.1) is 12.4 Å². The van der Waals surface area contributed by atoms with E-state index in [-0.39, 0.29) is 18.3 Å². The van der Waals surface area contributed by atoms with Crippen molar-refractivity contribution in [3.05, 3.63) is 60.7 Å². The summed E-state index contributed by atoms with van der Waals surface area (Å²) in [5.74, 6) is -0.189. The number of nitrogens with one attached hydrogen (secondary N) is 2. The molecule has 144 valence electrons. The highest BCUT2D eigenvalue weighted by atomic mass is 35.5. The van der Waals surface area contributed by atoms with Crippen molar-refractivity contribution >= 4 is 35.7 Å². The Hall–Kier alpha value is -2.57. The van der Waals surface area contributed by atoms with E-state index in [9.17, 15) is 9.59 Å². The lowest BCUT2D eigenvalue weighted by atomic mass is 10.2. The summed E-state index contributed by atoms with van der Waals surface area (Å²) in [6, 6.07) is 18.3. The second-order valence-corrected chi connectivity index (χ2v) is 6.28. The van der Waals surface area contributed by atoms with E-state index >= 15 is 0 Å². The number of hydrazine groups is 1. The fourth-order valence-corrected chi connectivity index (χ4v) is 3.05. The number of carbonyl (C=O) groups is 2. The van der Waals surface area contributed by atoms with Crippen LogP contribution in [0.15, 0.2) is 60.7 Å². The Labute approximate surface area is 165 Å². The molecule has 1 heterocycles. The van der Waals surface area contributed by atoms with Gasteiger partial charge in [0.05, 0.1) is 11.4 Å². The Morgan fingerprint density at radius 3 is 1.89 bits per heavy atom. The highest BCUT2D eigenvalue weighted by Gasteiger charge is 2.18. The third-order valence-electron chi connectivity index (χ3n) is 4.39. The van der Waals surface area contributed by atoms with Gasteiger partial charge in [0, 0.05) is 13.0 Å². The predicted molar refractivity (Wildman–Crippen MR) is 109 cm³/mol. The SMILES string of the molecule is Cl.O=C(CCN1CCCC1)NNC(=O)N(c1ccccc1)c1ccccc1. The van der Waals surface area contributed by atoms with Gasteiger partial charge in [0.15, 0.2) is 0 Å². The summed E-state index contributed by atoms with van der Waals surface area (Å²) in [4.78, 5) is 28.5. The molecule has 1 aliphatic heterocycles. The largest absolute Gasteiger partial charge is 0.345 e. The number of likely N-dealkylation sites (tertiary alicyclic amines) is 1. The second kappa shape index (κ2) is 10.5. The number of halogens is 1. The molecule has 0 radical (unpaired) electrons.